The topological polar surface area (TPSA) is 37.9 Å². The monoisotopic (exact) mass is 440 g/mol. The summed E-state index contributed by atoms with van der Waals surface area (Å²) in [6.45, 7) is 11.3. The lowest BCUT2D eigenvalue weighted by molar-refractivity contribution is 0.480. The summed E-state index contributed by atoms with van der Waals surface area (Å²) >= 11 is 0. The van der Waals surface area contributed by atoms with Gasteiger partial charge in [0.1, 0.15) is 5.75 Å². The third-order valence-corrected chi connectivity index (χ3v) is 11.1. The molecule has 164 valence electrons. The molecular weight excluding hydrogens is 408 g/mol. The Morgan fingerprint density at radius 1 is 0.688 bits per heavy atom. The summed E-state index contributed by atoms with van der Waals surface area (Å²) in [7, 11) is -2.08. The Kier molecular flexibility index (Phi) is 5.82. The number of nitrogens with zero attached hydrogens (tertiary/aromatic N) is 1. The molecule has 0 bridgehead atoms. The van der Waals surface area contributed by atoms with Crippen LogP contribution in [0.5, 0.6) is 5.75 Å². The van der Waals surface area contributed by atoms with Gasteiger partial charge in [-0.25, -0.2) is 0 Å². The lowest BCUT2D eigenvalue weighted by Crippen LogP contribution is -2.44. The Hall–Kier alpha value is -3.11. The van der Waals surface area contributed by atoms with E-state index in [4.69, 9.17) is 4.43 Å². The molecule has 0 aliphatic rings. The first-order valence-corrected chi connectivity index (χ1v) is 14.1. The third kappa shape index (κ3) is 3.80. The average molecular weight is 441 g/mol. The molecule has 0 saturated carbocycles. The minimum absolute atomic E-state index is 0.0798. The van der Waals surface area contributed by atoms with Gasteiger partial charge in [0, 0.05) is 0 Å². The largest absolute Gasteiger partial charge is 0.541 e. The fraction of sp³-hybridized carbons (Fsp3) is 0.250. The number of hydrogen-bond donors (Lipinski definition) is 1. The maximum absolute atomic E-state index is 6.85. The Morgan fingerprint density at radius 2 is 1.09 bits per heavy atom. The zero-order valence-electron chi connectivity index (χ0n) is 19.6. The molecule has 0 amide bonds. The van der Waals surface area contributed by atoms with Crippen LogP contribution in [-0.2, 0) is 5.41 Å². The molecule has 3 nitrogen and oxygen atoms in total. The van der Waals surface area contributed by atoms with E-state index < -0.39 is 13.7 Å². The number of aromatic nitrogens is 2. The molecule has 1 N–H and O–H groups in total. The highest BCUT2D eigenvalue weighted by molar-refractivity contribution is 6.74. The lowest BCUT2D eigenvalue weighted by Gasteiger charge is -2.39. The molecule has 0 saturated heterocycles. The average Bonchev–Trinajstić information content (AvgIpc) is 3.23. The SMILES string of the molecule is CC(C)(C)[Si](C)(C)Oc1cn[nH]c1C(c1ccccc1)(c1ccccc1)c1ccccc1. The molecule has 32 heavy (non-hydrogen) atoms. The van der Waals surface area contributed by atoms with Crippen LogP contribution in [0.15, 0.2) is 97.2 Å². The van der Waals surface area contributed by atoms with E-state index in [-0.39, 0.29) is 5.04 Å². The van der Waals surface area contributed by atoms with E-state index in [1.807, 2.05) is 6.20 Å². The molecule has 4 aromatic rings. The Balaban J connectivity index is 2.04. The zero-order valence-corrected chi connectivity index (χ0v) is 20.6. The summed E-state index contributed by atoms with van der Waals surface area (Å²) in [5, 5.41) is 7.95. The number of benzene rings is 3. The predicted octanol–water partition coefficient (Wildman–Crippen LogP) is 7.18. The van der Waals surface area contributed by atoms with Gasteiger partial charge >= 0.3 is 0 Å². The Morgan fingerprint density at radius 3 is 1.47 bits per heavy atom. The molecule has 0 spiro atoms. The van der Waals surface area contributed by atoms with Crippen LogP contribution in [0.1, 0.15) is 43.2 Å². The molecule has 0 fully saturated rings. The normalized spacial score (nSPS) is 12.5. The van der Waals surface area contributed by atoms with Crippen molar-refractivity contribution in [1.82, 2.24) is 10.2 Å². The molecule has 0 atom stereocenters. The van der Waals surface area contributed by atoms with Crippen molar-refractivity contribution in [2.24, 2.45) is 0 Å². The fourth-order valence-corrected chi connectivity index (χ4v) is 5.06. The van der Waals surface area contributed by atoms with Gasteiger partial charge in [-0.1, -0.05) is 112 Å². The van der Waals surface area contributed by atoms with Crippen molar-refractivity contribution in [3.05, 3.63) is 120 Å². The van der Waals surface area contributed by atoms with E-state index in [9.17, 15) is 0 Å². The summed E-state index contributed by atoms with van der Waals surface area (Å²) in [6.07, 6.45) is 1.85. The molecule has 0 unspecified atom stereocenters. The number of nitrogens with one attached hydrogen (secondary N) is 1. The first-order chi connectivity index (χ1) is 15.3. The Bertz CT molecular complexity index is 1050. The molecule has 1 heterocycles. The summed E-state index contributed by atoms with van der Waals surface area (Å²) in [4.78, 5) is 0. The van der Waals surface area contributed by atoms with Crippen LogP contribution in [-0.4, -0.2) is 18.5 Å². The Labute approximate surface area is 192 Å². The molecule has 4 rings (SSSR count). The van der Waals surface area contributed by atoms with Gasteiger partial charge in [0.25, 0.3) is 8.32 Å². The molecule has 0 aliphatic carbocycles. The zero-order chi connectivity index (χ0) is 22.8. The smallest absolute Gasteiger partial charge is 0.250 e. The van der Waals surface area contributed by atoms with Gasteiger partial charge in [-0.2, -0.15) is 5.10 Å². The quantitative estimate of drug-likeness (QED) is 0.255. The molecule has 4 heteroatoms. The summed E-state index contributed by atoms with van der Waals surface area (Å²) < 4.78 is 6.85. The van der Waals surface area contributed by atoms with Crippen molar-refractivity contribution in [2.75, 3.05) is 0 Å². The van der Waals surface area contributed by atoms with Gasteiger partial charge in [-0.05, 0) is 34.8 Å². The number of H-pyrrole nitrogens is 1. The van der Waals surface area contributed by atoms with E-state index in [0.717, 1.165) is 11.4 Å². The summed E-state index contributed by atoms with van der Waals surface area (Å²) in [5.41, 5.74) is 3.88. The second-order valence-corrected chi connectivity index (χ2v) is 14.5. The summed E-state index contributed by atoms with van der Waals surface area (Å²) in [6, 6.07) is 31.9. The van der Waals surface area contributed by atoms with E-state index >= 15 is 0 Å². The van der Waals surface area contributed by atoms with Gasteiger partial charge < -0.3 is 4.43 Å². The van der Waals surface area contributed by atoms with Crippen molar-refractivity contribution in [3.8, 4) is 5.75 Å². The standard InChI is InChI=1S/C28H32N2OSi/c1-27(2,3)32(4,5)31-25-21-29-30-26(25)28(22-15-9-6-10-16-22,23-17-11-7-12-18-23)24-19-13-8-14-20-24/h6-21H,1-5H3,(H,29,30). The van der Waals surface area contributed by atoms with Gasteiger partial charge in [0.05, 0.1) is 17.3 Å². The fourth-order valence-electron chi connectivity index (χ4n) is 4.05. The van der Waals surface area contributed by atoms with E-state index in [1.165, 1.54) is 16.7 Å². The van der Waals surface area contributed by atoms with Crippen molar-refractivity contribution in [1.29, 1.82) is 0 Å². The number of rotatable bonds is 6. The van der Waals surface area contributed by atoms with Crippen LogP contribution in [0.25, 0.3) is 0 Å². The number of hydrogen-bond acceptors (Lipinski definition) is 2. The summed E-state index contributed by atoms with van der Waals surface area (Å²) in [5.74, 6) is 0.827. The maximum atomic E-state index is 6.85. The number of aromatic amines is 1. The highest BCUT2D eigenvalue weighted by Gasteiger charge is 2.45. The highest BCUT2D eigenvalue weighted by Crippen LogP contribution is 2.48. The second kappa shape index (κ2) is 8.44. The minimum atomic E-state index is -2.08. The van der Waals surface area contributed by atoms with Gasteiger partial charge in [-0.3, -0.25) is 5.10 Å². The van der Waals surface area contributed by atoms with Gasteiger partial charge in [0.2, 0.25) is 0 Å². The predicted molar refractivity (Wildman–Crippen MR) is 135 cm³/mol. The first-order valence-electron chi connectivity index (χ1n) is 11.2. The van der Waals surface area contributed by atoms with Crippen LogP contribution in [0.4, 0.5) is 0 Å². The van der Waals surface area contributed by atoms with Crippen LogP contribution in [0, 0.1) is 0 Å². The molecule has 3 aromatic carbocycles. The van der Waals surface area contributed by atoms with E-state index in [0.29, 0.717) is 0 Å². The van der Waals surface area contributed by atoms with Crippen LogP contribution in [0.2, 0.25) is 18.1 Å². The molecule has 0 radical (unpaired) electrons. The van der Waals surface area contributed by atoms with Crippen molar-refractivity contribution in [2.45, 2.75) is 44.3 Å². The van der Waals surface area contributed by atoms with Gasteiger partial charge in [-0.15, -0.1) is 0 Å². The first kappa shape index (κ1) is 22.1. The minimum Gasteiger partial charge on any atom is -0.541 e. The van der Waals surface area contributed by atoms with Crippen molar-refractivity contribution in [3.63, 3.8) is 0 Å². The second-order valence-electron chi connectivity index (χ2n) is 9.82. The molecule has 1 aromatic heterocycles. The van der Waals surface area contributed by atoms with Gasteiger partial charge in [0.15, 0.2) is 0 Å². The van der Waals surface area contributed by atoms with E-state index in [1.54, 1.807) is 0 Å². The van der Waals surface area contributed by atoms with Crippen LogP contribution in [0.3, 0.4) is 0 Å². The highest BCUT2D eigenvalue weighted by atomic mass is 28.4. The molecule has 0 aliphatic heterocycles. The van der Waals surface area contributed by atoms with Crippen LogP contribution < -0.4 is 4.43 Å². The van der Waals surface area contributed by atoms with Crippen molar-refractivity contribution < 1.29 is 4.43 Å². The molecular formula is C28H32N2OSi. The lowest BCUT2D eigenvalue weighted by atomic mass is 9.67. The van der Waals surface area contributed by atoms with Crippen LogP contribution >= 0.6 is 0 Å². The third-order valence-electron chi connectivity index (χ3n) is 6.77. The van der Waals surface area contributed by atoms with E-state index in [2.05, 4.69) is 135 Å². The maximum Gasteiger partial charge on any atom is 0.250 e. The van der Waals surface area contributed by atoms with Crippen molar-refractivity contribution >= 4 is 8.32 Å².